The summed E-state index contributed by atoms with van der Waals surface area (Å²) in [5, 5.41) is 2.46. The highest BCUT2D eigenvalue weighted by Crippen LogP contribution is 2.47. The second kappa shape index (κ2) is 8.49. The highest BCUT2D eigenvalue weighted by molar-refractivity contribution is 7.85. The van der Waals surface area contributed by atoms with Crippen molar-refractivity contribution in [2.75, 3.05) is 12.3 Å². The molecule has 0 saturated carbocycles. The summed E-state index contributed by atoms with van der Waals surface area (Å²) in [6.45, 7) is 15.5. The van der Waals surface area contributed by atoms with E-state index in [9.17, 15) is 17.8 Å². The van der Waals surface area contributed by atoms with Crippen molar-refractivity contribution >= 4 is 21.6 Å². The number of fused-ring (bicyclic) bond motifs is 1. The van der Waals surface area contributed by atoms with Crippen LogP contribution < -0.4 is 5.32 Å². The summed E-state index contributed by atoms with van der Waals surface area (Å²) in [5.41, 5.74) is 7.54. The van der Waals surface area contributed by atoms with Gasteiger partial charge in [0, 0.05) is 12.1 Å². The molecule has 0 radical (unpaired) electrons. The van der Waals surface area contributed by atoms with Crippen molar-refractivity contribution in [3.8, 4) is 0 Å². The standard InChI is InChI=1S/C26H33NO4S/c1-17-15-22-23(26(5,6)12-11-25(22,3)4)16-21(17)18(2)19-7-9-20(10-8-19)24(28)27-13-14-32(29,30)31/h7-10,15-16H,2,11-14H2,1,3-6H3,(H,27,28)(H,29,30,31)/p-1. The molecule has 0 heterocycles. The van der Waals surface area contributed by atoms with Crippen molar-refractivity contribution in [2.24, 2.45) is 0 Å². The Kier molecular flexibility index (Phi) is 6.42. The Balaban J connectivity index is 1.85. The van der Waals surface area contributed by atoms with Gasteiger partial charge in [-0.1, -0.05) is 58.5 Å². The monoisotopic (exact) mass is 454 g/mol. The first kappa shape index (κ1) is 24.2. The van der Waals surface area contributed by atoms with E-state index in [1.54, 1.807) is 12.1 Å². The van der Waals surface area contributed by atoms with Crippen LogP contribution in [-0.4, -0.2) is 31.2 Å². The average Bonchev–Trinajstić information content (AvgIpc) is 2.70. The van der Waals surface area contributed by atoms with E-state index in [0.717, 1.165) is 29.5 Å². The normalized spacial score (nSPS) is 16.8. The fourth-order valence-corrected chi connectivity index (χ4v) is 4.77. The lowest BCUT2D eigenvalue weighted by Crippen LogP contribution is -2.34. The molecule has 0 saturated heterocycles. The van der Waals surface area contributed by atoms with Crippen molar-refractivity contribution in [1.82, 2.24) is 5.32 Å². The van der Waals surface area contributed by atoms with E-state index in [1.807, 2.05) is 12.1 Å². The van der Waals surface area contributed by atoms with Crippen LogP contribution in [0.5, 0.6) is 0 Å². The lowest BCUT2D eigenvalue weighted by Gasteiger charge is -2.42. The first-order valence-corrected chi connectivity index (χ1v) is 12.5. The molecule has 0 unspecified atom stereocenters. The molecule has 6 heteroatoms. The summed E-state index contributed by atoms with van der Waals surface area (Å²) in [6.07, 6.45) is 2.30. The van der Waals surface area contributed by atoms with E-state index < -0.39 is 21.8 Å². The van der Waals surface area contributed by atoms with Gasteiger partial charge in [0.25, 0.3) is 5.91 Å². The number of carbonyl (C=O) groups excluding carboxylic acids is 1. The van der Waals surface area contributed by atoms with Gasteiger partial charge in [0.1, 0.15) is 0 Å². The molecule has 1 aliphatic rings. The second-order valence-corrected chi connectivity index (χ2v) is 11.6. The van der Waals surface area contributed by atoms with Crippen LogP contribution in [0.1, 0.15) is 78.7 Å². The first-order chi connectivity index (χ1) is 14.7. The molecule has 1 amide bonds. The lowest BCUT2D eigenvalue weighted by atomic mass is 9.62. The number of amides is 1. The minimum Gasteiger partial charge on any atom is -0.748 e. The fourth-order valence-electron chi connectivity index (χ4n) is 4.42. The Morgan fingerprint density at radius 3 is 2.03 bits per heavy atom. The van der Waals surface area contributed by atoms with Gasteiger partial charge in [-0.15, -0.1) is 0 Å². The number of nitrogens with one attached hydrogen (secondary N) is 1. The largest absolute Gasteiger partial charge is 0.748 e. The third-order valence-electron chi connectivity index (χ3n) is 6.66. The van der Waals surface area contributed by atoms with E-state index in [4.69, 9.17) is 0 Å². The average molecular weight is 455 g/mol. The SMILES string of the molecule is C=C(c1ccc(C(=O)NCCS(=O)(=O)[O-])cc1)c1cc2c(cc1C)C(C)(C)CCC2(C)C. The number of carbonyl (C=O) groups is 1. The molecule has 32 heavy (non-hydrogen) atoms. The van der Waals surface area contributed by atoms with Gasteiger partial charge in [-0.3, -0.25) is 4.79 Å². The van der Waals surface area contributed by atoms with Crippen molar-refractivity contribution in [2.45, 2.75) is 58.3 Å². The van der Waals surface area contributed by atoms with Crippen LogP contribution >= 0.6 is 0 Å². The van der Waals surface area contributed by atoms with Crippen molar-refractivity contribution < 1.29 is 17.8 Å². The molecule has 0 bridgehead atoms. The minimum absolute atomic E-state index is 0.104. The van der Waals surface area contributed by atoms with E-state index in [1.165, 1.54) is 16.7 Å². The number of rotatable bonds is 6. The maximum absolute atomic E-state index is 12.2. The van der Waals surface area contributed by atoms with Crippen LogP contribution in [0.25, 0.3) is 5.57 Å². The predicted octanol–water partition coefficient (Wildman–Crippen LogP) is 4.68. The van der Waals surface area contributed by atoms with Crippen LogP contribution in [0.2, 0.25) is 0 Å². The zero-order chi connectivity index (χ0) is 23.9. The Morgan fingerprint density at radius 2 is 1.50 bits per heavy atom. The van der Waals surface area contributed by atoms with Gasteiger partial charge in [-0.05, 0) is 76.1 Å². The van der Waals surface area contributed by atoms with Crippen LogP contribution in [-0.2, 0) is 20.9 Å². The summed E-state index contributed by atoms with van der Waals surface area (Å²) in [5.74, 6) is -1.04. The molecule has 2 aromatic rings. The molecule has 0 atom stereocenters. The maximum atomic E-state index is 12.2. The molecule has 1 N–H and O–H groups in total. The summed E-state index contributed by atoms with van der Waals surface area (Å²) in [4.78, 5) is 12.2. The first-order valence-electron chi connectivity index (χ1n) is 10.9. The van der Waals surface area contributed by atoms with Crippen LogP contribution in [0.15, 0.2) is 43.0 Å². The van der Waals surface area contributed by atoms with E-state index >= 15 is 0 Å². The molecule has 0 aromatic heterocycles. The summed E-state index contributed by atoms with van der Waals surface area (Å²) < 4.78 is 32.0. The third kappa shape index (κ3) is 5.13. The maximum Gasteiger partial charge on any atom is 0.251 e. The van der Waals surface area contributed by atoms with Crippen LogP contribution in [0.3, 0.4) is 0 Å². The summed E-state index contributed by atoms with van der Waals surface area (Å²) in [7, 11) is -4.35. The van der Waals surface area contributed by atoms with E-state index in [0.29, 0.717) is 5.56 Å². The second-order valence-electron chi connectivity index (χ2n) is 10.1. The van der Waals surface area contributed by atoms with Crippen molar-refractivity contribution in [3.63, 3.8) is 0 Å². The highest BCUT2D eigenvalue weighted by atomic mass is 32.2. The number of hydrogen-bond donors (Lipinski definition) is 1. The Labute approximate surface area is 191 Å². The van der Waals surface area contributed by atoms with Gasteiger partial charge in [0.15, 0.2) is 0 Å². The minimum atomic E-state index is -4.35. The number of aryl methyl sites for hydroxylation is 1. The molecule has 5 nitrogen and oxygen atoms in total. The molecule has 0 aliphatic heterocycles. The van der Waals surface area contributed by atoms with Gasteiger partial charge in [0.05, 0.1) is 15.9 Å². The van der Waals surface area contributed by atoms with Crippen LogP contribution in [0, 0.1) is 6.92 Å². The molecule has 0 fully saturated rings. The lowest BCUT2D eigenvalue weighted by molar-refractivity contribution is 0.0956. The highest BCUT2D eigenvalue weighted by Gasteiger charge is 2.37. The van der Waals surface area contributed by atoms with Gasteiger partial charge in [-0.2, -0.15) is 0 Å². The third-order valence-corrected chi connectivity index (χ3v) is 7.36. The topological polar surface area (TPSA) is 86.3 Å². The van der Waals surface area contributed by atoms with Crippen molar-refractivity contribution in [1.29, 1.82) is 0 Å². The Bertz CT molecular complexity index is 1160. The van der Waals surface area contributed by atoms with E-state index in [-0.39, 0.29) is 17.4 Å². The fraction of sp³-hybridized carbons (Fsp3) is 0.423. The zero-order valence-electron chi connectivity index (χ0n) is 19.5. The Morgan fingerprint density at radius 1 is 1.00 bits per heavy atom. The summed E-state index contributed by atoms with van der Waals surface area (Å²) in [6, 6.07) is 11.6. The number of benzene rings is 2. The quantitative estimate of drug-likeness (QED) is 0.642. The van der Waals surface area contributed by atoms with Gasteiger partial charge in [-0.25, -0.2) is 8.42 Å². The molecule has 172 valence electrons. The van der Waals surface area contributed by atoms with Crippen molar-refractivity contribution in [3.05, 3.63) is 76.4 Å². The zero-order valence-corrected chi connectivity index (χ0v) is 20.4. The molecule has 3 rings (SSSR count). The van der Waals surface area contributed by atoms with Crippen LogP contribution in [0.4, 0.5) is 0 Å². The molecular weight excluding hydrogens is 422 g/mol. The smallest absolute Gasteiger partial charge is 0.251 e. The molecule has 1 aliphatic carbocycles. The Hall–Kier alpha value is -2.44. The molecule has 0 spiro atoms. The summed E-state index contributed by atoms with van der Waals surface area (Å²) >= 11 is 0. The molecule has 2 aromatic carbocycles. The molecular formula is C26H32NO4S-. The number of hydrogen-bond acceptors (Lipinski definition) is 4. The van der Waals surface area contributed by atoms with Gasteiger partial charge >= 0.3 is 0 Å². The van der Waals surface area contributed by atoms with Gasteiger partial charge in [0.2, 0.25) is 0 Å². The predicted molar refractivity (Wildman–Crippen MR) is 128 cm³/mol. The van der Waals surface area contributed by atoms with Gasteiger partial charge < -0.3 is 9.87 Å². The van der Waals surface area contributed by atoms with E-state index in [2.05, 4.69) is 58.6 Å².